The van der Waals surface area contributed by atoms with Gasteiger partial charge in [0, 0.05) is 0 Å². The van der Waals surface area contributed by atoms with Gasteiger partial charge in [-0.05, 0) is 32.8 Å². The zero-order valence-electron chi connectivity index (χ0n) is 13.9. The molecule has 126 valence electrons. The molecule has 23 heavy (non-hydrogen) atoms. The summed E-state index contributed by atoms with van der Waals surface area (Å²) in [6.45, 7) is 4.88. The van der Waals surface area contributed by atoms with Crippen molar-refractivity contribution in [3.05, 3.63) is 35.9 Å². The highest BCUT2D eigenvalue weighted by Crippen LogP contribution is 2.12. The number of rotatable bonds is 6. The third-order valence-corrected chi connectivity index (χ3v) is 2.96. The molecule has 1 atom stereocenters. The summed E-state index contributed by atoms with van der Waals surface area (Å²) in [4.78, 5) is 35.7. The molecule has 0 saturated heterocycles. The van der Waals surface area contributed by atoms with Crippen LogP contribution in [-0.2, 0) is 25.5 Å². The molecule has 1 amide bonds. The van der Waals surface area contributed by atoms with Crippen molar-refractivity contribution in [2.45, 2.75) is 32.8 Å². The average Bonchev–Trinajstić information content (AvgIpc) is 2.49. The lowest BCUT2D eigenvalue weighted by Crippen LogP contribution is -2.39. The summed E-state index contributed by atoms with van der Waals surface area (Å²) in [7, 11) is 1.23. The number of carbonyl (C=O) groups is 3. The van der Waals surface area contributed by atoms with Gasteiger partial charge in [0.15, 0.2) is 5.78 Å². The molecule has 1 aromatic carbocycles. The largest absolute Gasteiger partial charge is 0.468 e. The summed E-state index contributed by atoms with van der Waals surface area (Å²) in [6, 6.07) is 9.15. The monoisotopic (exact) mass is 321 g/mol. The summed E-state index contributed by atoms with van der Waals surface area (Å²) in [5.41, 5.74) is 0.187. The van der Waals surface area contributed by atoms with Gasteiger partial charge in [0.05, 0.1) is 13.7 Å². The Bertz CT molecular complexity index is 548. The zero-order valence-corrected chi connectivity index (χ0v) is 13.9. The topological polar surface area (TPSA) is 81.7 Å². The van der Waals surface area contributed by atoms with Gasteiger partial charge in [-0.3, -0.25) is 9.59 Å². The molecule has 0 aliphatic rings. The van der Waals surface area contributed by atoms with E-state index in [1.807, 2.05) is 30.3 Å². The van der Waals surface area contributed by atoms with Crippen LogP contribution in [0.4, 0.5) is 4.79 Å². The smallest absolute Gasteiger partial charge is 0.408 e. The van der Waals surface area contributed by atoms with E-state index in [2.05, 4.69) is 10.1 Å². The van der Waals surface area contributed by atoms with Crippen molar-refractivity contribution in [2.24, 2.45) is 5.92 Å². The number of alkyl carbamates (subject to hydrolysis) is 1. The summed E-state index contributed by atoms with van der Waals surface area (Å²) in [6.07, 6.45) is -0.475. The lowest BCUT2D eigenvalue weighted by molar-refractivity contribution is -0.149. The van der Waals surface area contributed by atoms with E-state index in [1.165, 1.54) is 7.11 Å². The van der Waals surface area contributed by atoms with Crippen molar-refractivity contribution in [1.29, 1.82) is 0 Å². The fourth-order valence-electron chi connectivity index (χ4n) is 1.92. The van der Waals surface area contributed by atoms with Crippen LogP contribution < -0.4 is 5.32 Å². The number of ether oxygens (including phenoxy) is 2. The van der Waals surface area contributed by atoms with Crippen molar-refractivity contribution in [3.63, 3.8) is 0 Å². The van der Waals surface area contributed by atoms with Crippen LogP contribution >= 0.6 is 0 Å². The van der Waals surface area contributed by atoms with Gasteiger partial charge in [0.1, 0.15) is 11.5 Å². The normalized spacial score (nSPS) is 12.2. The predicted molar refractivity (Wildman–Crippen MR) is 84.9 cm³/mol. The molecule has 6 heteroatoms. The highest BCUT2D eigenvalue weighted by atomic mass is 16.6. The maximum atomic E-state index is 12.2. The summed E-state index contributed by atoms with van der Waals surface area (Å²) < 4.78 is 9.74. The molecular formula is C17H23NO5. The van der Waals surface area contributed by atoms with Crippen LogP contribution in [0.25, 0.3) is 0 Å². The van der Waals surface area contributed by atoms with Gasteiger partial charge in [-0.25, -0.2) is 4.79 Å². The van der Waals surface area contributed by atoms with Gasteiger partial charge in [-0.2, -0.15) is 0 Å². The Morgan fingerprint density at radius 1 is 1.13 bits per heavy atom. The third-order valence-electron chi connectivity index (χ3n) is 2.96. The van der Waals surface area contributed by atoms with Crippen molar-refractivity contribution >= 4 is 17.8 Å². The minimum absolute atomic E-state index is 0.225. The molecule has 1 rings (SSSR count). The number of Topliss-reactive ketones (excluding diaryl/α,β-unsaturated/α-hetero) is 1. The molecule has 1 unspecified atom stereocenters. The van der Waals surface area contributed by atoms with E-state index in [4.69, 9.17) is 4.74 Å². The van der Waals surface area contributed by atoms with E-state index in [1.54, 1.807) is 20.8 Å². The summed E-state index contributed by atoms with van der Waals surface area (Å²) >= 11 is 0. The molecule has 0 heterocycles. The molecule has 0 spiro atoms. The van der Waals surface area contributed by atoms with Gasteiger partial charge in [-0.15, -0.1) is 0 Å². The molecule has 6 nitrogen and oxygen atoms in total. The Labute approximate surface area is 136 Å². The van der Waals surface area contributed by atoms with E-state index >= 15 is 0 Å². The second-order valence-corrected chi connectivity index (χ2v) is 6.09. The Balaban J connectivity index is 2.66. The number of ketones is 1. The summed E-state index contributed by atoms with van der Waals surface area (Å²) in [5, 5.41) is 2.37. The maximum absolute atomic E-state index is 12.2. The molecule has 0 aliphatic carbocycles. The van der Waals surface area contributed by atoms with Gasteiger partial charge in [0.2, 0.25) is 0 Å². The lowest BCUT2D eigenvalue weighted by Gasteiger charge is -2.20. The first-order valence-corrected chi connectivity index (χ1v) is 7.34. The highest BCUT2D eigenvalue weighted by Gasteiger charge is 2.28. The van der Waals surface area contributed by atoms with Gasteiger partial charge in [0.25, 0.3) is 0 Å². The second-order valence-electron chi connectivity index (χ2n) is 6.09. The number of amides is 1. The highest BCUT2D eigenvalue weighted by molar-refractivity contribution is 6.01. The van der Waals surface area contributed by atoms with E-state index in [9.17, 15) is 14.4 Å². The number of methoxy groups -OCH3 is 1. The van der Waals surface area contributed by atoms with Crippen molar-refractivity contribution < 1.29 is 23.9 Å². The Hall–Kier alpha value is -2.37. The van der Waals surface area contributed by atoms with E-state index in [-0.39, 0.29) is 13.0 Å². The van der Waals surface area contributed by atoms with Crippen LogP contribution in [0.15, 0.2) is 30.3 Å². The van der Waals surface area contributed by atoms with Gasteiger partial charge < -0.3 is 14.8 Å². The molecule has 0 radical (unpaired) electrons. The average molecular weight is 321 g/mol. The number of nitrogens with one attached hydrogen (secondary N) is 1. The number of esters is 1. The zero-order chi connectivity index (χ0) is 17.5. The molecule has 0 fully saturated rings. The standard InChI is InChI=1S/C17H23NO5/c1-17(2,3)23-16(21)18-11-14(19)13(15(20)22-4)10-12-8-6-5-7-9-12/h5-9,13H,10-11H2,1-4H3,(H,18,21). The first-order chi connectivity index (χ1) is 10.7. The molecule has 0 aromatic heterocycles. The molecule has 0 aliphatic heterocycles. The van der Waals surface area contributed by atoms with Gasteiger partial charge >= 0.3 is 12.1 Å². The minimum Gasteiger partial charge on any atom is -0.468 e. The lowest BCUT2D eigenvalue weighted by atomic mass is 9.95. The van der Waals surface area contributed by atoms with Gasteiger partial charge in [-0.1, -0.05) is 30.3 Å². The first-order valence-electron chi connectivity index (χ1n) is 7.34. The quantitative estimate of drug-likeness (QED) is 0.641. The fourth-order valence-corrected chi connectivity index (χ4v) is 1.92. The Morgan fingerprint density at radius 2 is 1.74 bits per heavy atom. The number of hydrogen-bond acceptors (Lipinski definition) is 5. The Morgan fingerprint density at radius 3 is 2.26 bits per heavy atom. The van der Waals surface area contributed by atoms with Crippen LogP contribution in [0.5, 0.6) is 0 Å². The van der Waals surface area contributed by atoms with Crippen LogP contribution in [0, 0.1) is 5.92 Å². The third kappa shape index (κ3) is 6.95. The fraction of sp³-hybridized carbons (Fsp3) is 0.471. The van der Waals surface area contributed by atoms with Crippen molar-refractivity contribution in [3.8, 4) is 0 Å². The first kappa shape index (κ1) is 18.7. The number of carbonyl (C=O) groups excluding carboxylic acids is 3. The SMILES string of the molecule is COC(=O)C(Cc1ccccc1)C(=O)CNC(=O)OC(C)(C)C. The van der Waals surface area contributed by atoms with Crippen LogP contribution in [0.3, 0.4) is 0 Å². The molecule has 0 bridgehead atoms. The van der Waals surface area contributed by atoms with Crippen LogP contribution in [-0.4, -0.2) is 37.1 Å². The minimum atomic E-state index is -0.961. The molecule has 0 saturated carbocycles. The number of hydrogen-bond donors (Lipinski definition) is 1. The number of benzene rings is 1. The van der Waals surface area contributed by atoms with E-state index in [0.29, 0.717) is 0 Å². The Kier molecular flexibility index (Phi) is 6.75. The molecule has 1 N–H and O–H groups in total. The van der Waals surface area contributed by atoms with Crippen molar-refractivity contribution in [1.82, 2.24) is 5.32 Å². The van der Waals surface area contributed by atoms with Crippen molar-refractivity contribution in [2.75, 3.05) is 13.7 Å². The summed E-state index contributed by atoms with van der Waals surface area (Å²) in [5.74, 6) is -2.01. The molecule has 1 aromatic rings. The van der Waals surface area contributed by atoms with E-state index in [0.717, 1.165) is 5.56 Å². The van der Waals surface area contributed by atoms with E-state index < -0.39 is 29.4 Å². The van der Waals surface area contributed by atoms with Crippen LogP contribution in [0.2, 0.25) is 0 Å². The second kappa shape index (κ2) is 8.31. The predicted octanol–water partition coefficient (Wildman–Crippen LogP) is 2.11. The maximum Gasteiger partial charge on any atom is 0.408 e. The van der Waals surface area contributed by atoms with Crippen LogP contribution in [0.1, 0.15) is 26.3 Å². The molecular weight excluding hydrogens is 298 g/mol.